The molecule has 20 heavy (non-hydrogen) atoms. The number of aromatic nitrogens is 1. The van der Waals surface area contributed by atoms with E-state index in [1.54, 1.807) is 0 Å². The Hall–Kier alpha value is -1.69. The molecule has 1 aromatic heterocycles. The van der Waals surface area contributed by atoms with E-state index in [9.17, 15) is 9.18 Å². The second-order valence-corrected chi connectivity index (χ2v) is 4.30. The maximum Gasteiger partial charge on any atom is 0.255 e. The zero-order valence-corrected chi connectivity index (χ0v) is 12.0. The van der Waals surface area contributed by atoms with Gasteiger partial charge >= 0.3 is 0 Å². The highest BCUT2D eigenvalue weighted by molar-refractivity contribution is 5.98. The Kier molecular flexibility index (Phi) is 7.57. The van der Waals surface area contributed by atoms with Crippen LogP contribution in [-0.4, -0.2) is 37.2 Å². The van der Waals surface area contributed by atoms with Crippen LogP contribution in [0.15, 0.2) is 12.3 Å². The molecular weight excluding hydrogens is 261 g/mol. The zero-order valence-electron chi connectivity index (χ0n) is 12.0. The molecule has 0 aliphatic carbocycles. The Bertz CT molecular complexity index is 427. The first kappa shape index (κ1) is 16.4. The summed E-state index contributed by atoms with van der Waals surface area (Å²) < 4.78 is 18.5. The summed E-state index contributed by atoms with van der Waals surface area (Å²) in [6, 6.07) is 1.19. The van der Waals surface area contributed by atoms with Crippen molar-refractivity contribution in [3.05, 3.63) is 23.6 Å². The largest absolute Gasteiger partial charge is 0.381 e. The fourth-order valence-electron chi connectivity index (χ4n) is 1.64. The number of pyridine rings is 1. The van der Waals surface area contributed by atoms with E-state index in [1.807, 2.05) is 13.8 Å². The van der Waals surface area contributed by atoms with Gasteiger partial charge in [0.2, 0.25) is 0 Å². The van der Waals surface area contributed by atoms with E-state index >= 15 is 0 Å². The van der Waals surface area contributed by atoms with Crippen LogP contribution in [0.3, 0.4) is 0 Å². The third-order valence-electron chi connectivity index (χ3n) is 2.54. The molecule has 0 aliphatic heterocycles. The van der Waals surface area contributed by atoms with E-state index in [4.69, 9.17) is 4.74 Å². The van der Waals surface area contributed by atoms with Crippen LogP contribution in [0.4, 0.5) is 10.2 Å². The highest BCUT2D eigenvalue weighted by Gasteiger charge is 2.13. The van der Waals surface area contributed by atoms with Crippen molar-refractivity contribution in [2.24, 2.45) is 0 Å². The van der Waals surface area contributed by atoms with Gasteiger partial charge in [-0.1, -0.05) is 6.92 Å². The summed E-state index contributed by atoms with van der Waals surface area (Å²) in [6.45, 7) is 6.37. The molecule has 0 radical (unpaired) electrons. The van der Waals surface area contributed by atoms with Crippen LogP contribution in [0.5, 0.6) is 0 Å². The van der Waals surface area contributed by atoms with Crippen molar-refractivity contribution in [3.8, 4) is 0 Å². The minimum Gasteiger partial charge on any atom is -0.381 e. The van der Waals surface area contributed by atoms with Crippen LogP contribution in [0, 0.1) is 5.82 Å². The Morgan fingerprint density at radius 3 is 2.90 bits per heavy atom. The van der Waals surface area contributed by atoms with Gasteiger partial charge in [-0.05, 0) is 25.8 Å². The van der Waals surface area contributed by atoms with Crippen LogP contribution in [0.25, 0.3) is 0 Å². The molecule has 0 saturated carbocycles. The number of carbonyl (C=O) groups excluding carboxylic acids is 1. The second-order valence-electron chi connectivity index (χ2n) is 4.30. The number of anilines is 1. The topological polar surface area (TPSA) is 63.2 Å². The number of carbonyl (C=O) groups is 1. The molecule has 0 bridgehead atoms. The third kappa shape index (κ3) is 5.52. The van der Waals surface area contributed by atoms with Crippen molar-refractivity contribution >= 4 is 11.7 Å². The Morgan fingerprint density at radius 1 is 1.40 bits per heavy atom. The summed E-state index contributed by atoms with van der Waals surface area (Å²) in [5.74, 6) is -0.458. The molecule has 0 saturated heterocycles. The van der Waals surface area contributed by atoms with Crippen molar-refractivity contribution < 1.29 is 13.9 Å². The zero-order chi connectivity index (χ0) is 14.8. The molecule has 112 valence electrons. The van der Waals surface area contributed by atoms with E-state index in [1.165, 1.54) is 6.07 Å². The van der Waals surface area contributed by atoms with Gasteiger partial charge in [0, 0.05) is 26.3 Å². The summed E-state index contributed by atoms with van der Waals surface area (Å²) in [4.78, 5) is 15.9. The molecule has 0 aliphatic rings. The maximum atomic E-state index is 13.2. The summed E-state index contributed by atoms with van der Waals surface area (Å²) in [5.41, 5.74) is 0.223. The van der Waals surface area contributed by atoms with Crippen molar-refractivity contribution in [2.45, 2.75) is 26.7 Å². The molecule has 0 fully saturated rings. The van der Waals surface area contributed by atoms with Crippen LogP contribution >= 0.6 is 0 Å². The first-order valence-corrected chi connectivity index (χ1v) is 6.94. The fraction of sp³-hybridized carbons (Fsp3) is 0.571. The number of hydrogen-bond acceptors (Lipinski definition) is 4. The molecule has 0 spiro atoms. The standard InChI is InChI=1S/C14H22FN3O2/c1-3-7-20-8-5-6-17-14(19)12-9-11(15)10-18-13(12)16-4-2/h9-10H,3-8H2,1-2H3,(H,16,18)(H,17,19). The number of amides is 1. The van der Waals surface area contributed by atoms with Crippen molar-refractivity contribution in [2.75, 3.05) is 31.6 Å². The minimum atomic E-state index is -0.525. The van der Waals surface area contributed by atoms with Gasteiger partial charge in [-0.3, -0.25) is 4.79 Å². The third-order valence-corrected chi connectivity index (χ3v) is 2.54. The van der Waals surface area contributed by atoms with Gasteiger partial charge < -0.3 is 15.4 Å². The monoisotopic (exact) mass is 283 g/mol. The summed E-state index contributed by atoms with van der Waals surface area (Å²) in [7, 11) is 0. The highest BCUT2D eigenvalue weighted by atomic mass is 19.1. The lowest BCUT2D eigenvalue weighted by atomic mass is 10.2. The van der Waals surface area contributed by atoms with Crippen molar-refractivity contribution in [1.29, 1.82) is 0 Å². The Morgan fingerprint density at radius 2 is 2.20 bits per heavy atom. The quantitative estimate of drug-likeness (QED) is 0.682. The molecule has 1 amide bonds. The van der Waals surface area contributed by atoms with Crippen LogP contribution in [-0.2, 0) is 4.74 Å². The summed E-state index contributed by atoms with van der Waals surface area (Å²) >= 11 is 0. The van der Waals surface area contributed by atoms with E-state index in [2.05, 4.69) is 15.6 Å². The number of nitrogens with one attached hydrogen (secondary N) is 2. The lowest BCUT2D eigenvalue weighted by Crippen LogP contribution is -2.26. The van der Waals surface area contributed by atoms with Gasteiger partial charge in [0.15, 0.2) is 0 Å². The van der Waals surface area contributed by atoms with Gasteiger partial charge in [0.25, 0.3) is 5.91 Å². The molecule has 6 heteroatoms. The Balaban J connectivity index is 2.47. The summed E-state index contributed by atoms with van der Waals surface area (Å²) in [6.07, 6.45) is 2.80. The van der Waals surface area contributed by atoms with Crippen LogP contribution in [0.2, 0.25) is 0 Å². The first-order chi connectivity index (χ1) is 9.69. The van der Waals surface area contributed by atoms with Gasteiger partial charge in [-0.25, -0.2) is 9.37 Å². The van der Waals surface area contributed by atoms with E-state index in [-0.39, 0.29) is 11.5 Å². The number of nitrogens with zero attached hydrogens (tertiary/aromatic N) is 1. The lowest BCUT2D eigenvalue weighted by Gasteiger charge is -2.10. The summed E-state index contributed by atoms with van der Waals surface area (Å²) in [5, 5.41) is 5.68. The SMILES string of the molecule is CCCOCCCNC(=O)c1cc(F)cnc1NCC. The molecule has 1 heterocycles. The molecule has 5 nitrogen and oxygen atoms in total. The van der Waals surface area contributed by atoms with E-state index in [0.717, 1.165) is 25.6 Å². The van der Waals surface area contributed by atoms with Gasteiger partial charge in [0.05, 0.1) is 11.8 Å². The number of ether oxygens (including phenoxy) is 1. The normalized spacial score (nSPS) is 10.3. The molecular formula is C14H22FN3O2. The van der Waals surface area contributed by atoms with Crippen molar-refractivity contribution in [1.82, 2.24) is 10.3 Å². The van der Waals surface area contributed by atoms with E-state index < -0.39 is 5.82 Å². The van der Waals surface area contributed by atoms with E-state index in [0.29, 0.717) is 25.5 Å². The van der Waals surface area contributed by atoms with Gasteiger partial charge in [-0.2, -0.15) is 0 Å². The fourth-order valence-corrected chi connectivity index (χ4v) is 1.64. The minimum absolute atomic E-state index is 0.223. The molecule has 0 atom stereocenters. The average Bonchev–Trinajstić information content (AvgIpc) is 2.44. The van der Waals surface area contributed by atoms with Crippen LogP contribution < -0.4 is 10.6 Å². The number of rotatable bonds is 9. The average molecular weight is 283 g/mol. The molecule has 0 unspecified atom stereocenters. The molecule has 2 N–H and O–H groups in total. The van der Waals surface area contributed by atoms with Gasteiger partial charge in [0.1, 0.15) is 11.6 Å². The predicted molar refractivity (Wildman–Crippen MR) is 76.4 cm³/mol. The lowest BCUT2D eigenvalue weighted by molar-refractivity contribution is 0.0941. The molecule has 1 rings (SSSR count). The molecule has 0 aromatic carbocycles. The molecule has 1 aromatic rings. The highest BCUT2D eigenvalue weighted by Crippen LogP contribution is 2.13. The smallest absolute Gasteiger partial charge is 0.255 e. The van der Waals surface area contributed by atoms with Crippen molar-refractivity contribution in [3.63, 3.8) is 0 Å². The van der Waals surface area contributed by atoms with Crippen LogP contribution in [0.1, 0.15) is 37.0 Å². The predicted octanol–water partition coefficient (Wildman–Crippen LogP) is 2.20. The second kappa shape index (κ2) is 9.25. The number of hydrogen-bond donors (Lipinski definition) is 2. The Labute approximate surface area is 118 Å². The first-order valence-electron chi connectivity index (χ1n) is 6.94. The van der Waals surface area contributed by atoms with Gasteiger partial charge in [-0.15, -0.1) is 0 Å². The number of halogens is 1. The maximum absolute atomic E-state index is 13.2.